The van der Waals surface area contributed by atoms with E-state index in [1.165, 1.54) is 6.20 Å². The van der Waals surface area contributed by atoms with Crippen LogP contribution in [0.25, 0.3) is 0 Å². The van der Waals surface area contributed by atoms with Crippen molar-refractivity contribution >= 4 is 17.9 Å². The molecule has 4 N–H and O–H groups in total. The number of nitrogens with two attached hydrogens (primary N) is 1. The predicted octanol–water partition coefficient (Wildman–Crippen LogP) is 1.60. The van der Waals surface area contributed by atoms with Gasteiger partial charge < -0.3 is 21.1 Å². The molecule has 0 saturated heterocycles. The van der Waals surface area contributed by atoms with Crippen LogP contribution in [0, 0.1) is 17.8 Å². The molecule has 0 aromatic heterocycles. The Morgan fingerprint density at radius 2 is 1.84 bits per heavy atom. The van der Waals surface area contributed by atoms with E-state index in [-0.39, 0.29) is 0 Å². The molecule has 0 aliphatic rings. The summed E-state index contributed by atoms with van der Waals surface area (Å²) < 4.78 is 4.97. The van der Waals surface area contributed by atoms with Crippen molar-refractivity contribution < 1.29 is 19.1 Å². The Hall–Kier alpha value is -2.75. The number of rotatable bonds is 8. The first kappa shape index (κ1) is 22.2. The van der Waals surface area contributed by atoms with Gasteiger partial charge in [0.15, 0.2) is 0 Å². The molecule has 0 spiro atoms. The Labute approximate surface area is 149 Å². The molecule has 0 aliphatic heterocycles. The fourth-order valence-corrected chi connectivity index (χ4v) is 1.94. The van der Waals surface area contributed by atoms with Gasteiger partial charge in [0.1, 0.15) is 12.1 Å². The van der Waals surface area contributed by atoms with Gasteiger partial charge in [0.2, 0.25) is 5.91 Å². The zero-order valence-corrected chi connectivity index (χ0v) is 15.2. The molecular weight excluding hydrogens is 322 g/mol. The molecule has 0 aromatic carbocycles. The minimum atomic E-state index is -0.850. The molecule has 0 radical (unpaired) electrons. The van der Waals surface area contributed by atoms with Crippen molar-refractivity contribution in [2.75, 3.05) is 0 Å². The molecule has 138 valence electrons. The van der Waals surface area contributed by atoms with Crippen LogP contribution in [-0.4, -0.2) is 30.1 Å². The summed E-state index contributed by atoms with van der Waals surface area (Å²) in [6, 6.07) is -0.790. The van der Waals surface area contributed by atoms with Crippen molar-refractivity contribution in [1.29, 1.82) is 0 Å². The average molecular weight is 349 g/mol. The van der Waals surface area contributed by atoms with Crippen molar-refractivity contribution in [3.8, 4) is 12.3 Å². The Morgan fingerprint density at radius 1 is 1.24 bits per heavy atom. The van der Waals surface area contributed by atoms with E-state index in [0.717, 1.165) is 0 Å². The molecule has 7 nitrogen and oxygen atoms in total. The summed E-state index contributed by atoms with van der Waals surface area (Å²) in [4.78, 5) is 34.5. The highest BCUT2D eigenvalue weighted by atomic mass is 16.6. The SMILES string of the molecule is C#CC(=O)NC(C(=O)N/C=C\C[C@H](C/C=C\C)OC(N)=O)C(C)(C)C. The van der Waals surface area contributed by atoms with E-state index in [9.17, 15) is 14.4 Å². The van der Waals surface area contributed by atoms with E-state index >= 15 is 0 Å². The van der Waals surface area contributed by atoms with Gasteiger partial charge in [-0.25, -0.2) is 4.79 Å². The number of hydrogen-bond acceptors (Lipinski definition) is 4. The maximum atomic E-state index is 12.3. The van der Waals surface area contributed by atoms with Gasteiger partial charge in [-0.1, -0.05) is 39.0 Å². The number of ether oxygens (including phenoxy) is 1. The fourth-order valence-electron chi connectivity index (χ4n) is 1.94. The molecular formula is C18H27N3O4. The van der Waals surface area contributed by atoms with E-state index in [1.54, 1.807) is 6.08 Å². The van der Waals surface area contributed by atoms with Gasteiger partial charge in [-0.2, -0.15) is 0 Å². The van der Waals surface area contributed by atoms with E-state index in [2.05, 4.69) is 10.6 Å². The van der Waals surface area contributed by atoms with Gasteiger partial charge in [0, 0.05) is 12.8 Å². The molecule has 3 amide bonds. The van der Waals surface area contributed by atoms with Crippen molar-refractivity contribution in [2.45, 2.75) is 52.7 Å². The van der Waals surface area contributed by atoms with Gasteiger partial charge in [-0.3, -0.25) is 9.59 Å². The highest BCUT2D eigenvalue weighted by Gasteiger charge is 2.31. The fraction of sp³-hybridized carbons (Fsp3) is 0.500. The molecule has 0 aromatic rings. The standard InChI is InChI=1S/C18H27N3O4/c1-6-8-10-13(25-17(19)24)11-9-12-20-16(23)15(18(3,4)5)21-14(22)7-2/h2,6,8-9,12-13,15H,10-11H2,1,3-5H3,(H2,19,24)(H,20,23)(H,21,22)/b8-6-,12-9-/t13-,15?/m0/s1. The van der Waals surface area contributed by atoms with Gasteiger partial charge >= 0.3 is 6.09 Å². The molecule has 0 heterocycles. The third-order valence-corrected chi connectivity index (χ3v) is 3.19. The first-order valence-corrected chi connectivity index (χ1v) is 7.91. The molecule has 0 rings (SSSR count). The summed E-state index contributed by atoms with van der Waals surface area (Å²) in [5.41, 5.74) is 4.51. The monoisotopic (exact) mass is 349 g/mol. The van der Waals surface area contributed by atoms with Gasteiger partial charge in [0.05, 0.1) is 0 Å². The Kier molecular flexibility index (Phi) is 9.72. The van der Waals surface area contributed by atoms with E-state index in [4.69, 9.17) is 16.9 Å². The summed E-state index contributed by atoms with van der Waals surface area (Å²) >= 11 is 0. The number of hydrogen-bond donors (Lipinski definition) is 3. The number of carbonyl (C=O) groups excluding carboxylic acids is 3. The first-order valence-electron chi connectivity index (χ1n) is 7.91. The molecule has 2 atom stereocenters. The quantitative estimate of drug-likeness (QED) is 0.456. The Balaban J connectivity index is 4.75. The van der Waals surface area contributed by atoms with Gasteiger partial charge in [-0.05, 0) is 24.5 Å². The van der Waals surface area contributed by atoms with Crippen molar-refractivity contribution in [3.63, 3.8) is 0 Å². The second-order valence-electron chi connectivity index (χ2n) is 6.43. The summed E-state index contributed by atoms with van der Waals surface area (Å²) in [6.45, 7) is 7.29. The van der Waals surface area contributed by atoms with Crippen LogP contribution in [0.15, 0.2) is 24.4 Å². The molecule has 0 saturated carbocycles. The van der Waals surface area contributed by atoms with Crippen LogP contribution in [0.3, 0.4) is 0 Å². The third kappa shape index (κ3) is 9.87. The van der Waals surface area contributed by atoms with Crippen LogP contribution in [-0.2, 0) is 14.3 Å². The molecule has 0 bridgehead atoms. The van der Waals surface area contributed by atoms with Crippen molar-refractivity contribution in [2.24, 2.45) is 11.1 Å². The van der Waals surface area contributed by atoms with Crippen LogP contribution < -0.4 is 16.4 Å². The van der Waals surface area contributed by atoms with Crippen molar-refractivity contribution in [1.82, 2.24) is 10.6 Å². The maximum absolute atomic E-state index is 12.3. The largest absolute Gasteiger partial charge is 0.446 e. The summed E-state index contributed by atoms with van der Waals surface area (Å²) in [5.74, 6) is 0.880. The van der Waals surface area contributed by atoms with E-state index in [1.807, 2.05) is 45.8 Å². The van der Waals surface area contributed by atoms with E-state index in [0.29, 0.717) is 12.8 Å². The minimum Gasteiger partial charge on any atom is -0.446 e. The van der Waals surface area contributed by atoms with Crippen LogP contribution >= 0.6 is 0 Å². The van der Waals surface area contributed by atoms with Crippen LogP contribution in [0.4, 0.5) is 4.79 Å². The predicted molar refractivity (Wildman–Crippen MR) is 96.0 cm³/mol. The van der Waals surface area contributed by atoms with Gasteiger partial charge in [0.25, 0.3) is 5.91 Å². The number of allylic oxidation sites excluding steroid dienone is 1. The molecule has 7 heteroatoms. The Morgan fingerprint density at radius 3 is 2.32 bits per heavy atom. The van der Waals surface area contributed by atoms with E-state index < -0.39 is 35.5 Å². The normalized spacial score (nSPS) is 13.9. The number of nitrogens with one attached hydrogen (secondary N) is 2. The number of primary amides is 1. The highest BCUT2D eigenvalue weighted by Crippen LogP contribution is 2.19. The van der Waals surface area contributed by atoms with Gasteiger partial charge in [-0.15, -0.1) is 6.42 Å². The molecule has 1 unspecified atom stereocenters. The zero-order chi connectivity index (χ0) is 19.5. The summed E-state index contributed by atoms with van der Waals surface area (Å²) in [7, 11) is 0. The lowest BCUT2D eigenvalue weighted by atomic mass is 9.86. The average Bonchev–Trinajstić information content (AvgIpc) is 2.51. The number of amides is 3. The lowest BCUT2D eigenvalue weighted by molar-refractivity contribution is -0.128. The number of carbonyl (C=O) groups is 3. The summed E-state index contributed by atoms with van der Waals surface area (Å²) in [6.07, 6.45) is 11.4. The molecule has 0 fully saturated rings. The lowest BCUT2D eigenvalue weighted by Gasteiger charge is -2.29. The topological polar surface area (TPSA) is 111 Å². The third-order valence-electron chi connectivity index (χ3n) is 3.19. The second-order valence-corrected chi connectivity index (χ2v) is 6.43. The maximum Gasteiger partial charge on any atom is 0.404 e. The second kappa shape index (κ2) is 10.9. The highest BCUT2D eigenvalue weighted by molar-refractivity contribution is 5.97. The van der Waals surface area contributed by atoms with Crippen LogP contribution in [0.1, 0.15) is 40.5 Å². The molecule has 0 aliphatic carbocycles. The minimum absolute atomic E-state index is 0.379. The van der Waals surface area contributed by atoms with Crippen molar-refractivity contribution in [3.05, 3.63) is 24.4 Å². The number of terminal acetylenes is 1. The molecule has 25 heavy (non-hydrogen) atoms. The smallest absolute Gasteiger partial charge is 0.404 e. The summed E-state index contributed by atoms with van der Waals surface area (Å²) in [5, 5.41) is 5.09. The first-order chi connectivity index (χ1) is 11.6. The Bertz CT molecular complexity index is 568. The zero-order valence-electron chi connectivity index (χ0n) is 15.2. The van der Waals surface area contributed by atoms with Crippen LogP contribution in [0.5, 0.6) is 0 Å². The van der Waals surface area contributed by atoms with Crippen LogP contribution in [0.2, 0.25) is 0 Å². The lowest BCUT2D eigenvalue weighted by Crippen LogP contribution is -2.52.